The minimum atomic E-state index is -0.257. The molecule has 0 saturated carbocycles. The molecule has 2 amide bonds. The molecule has 0 aliphatic heterocycles. The van der Waals surface area contributed by atoms with Crippen molar-refractivity contribution in [3.05, 3.63) is 48.2 Å². The summed E-state index contributed by atoms with van der Waals surface area (Å²) < 4.78 is 1.63. The summed E-state index contributed by atoms with van der Waals surface area (Å²) in [5, 5.41) is 9.46. The van der Waals surface area contributed by atoms with E-state index in [0.29, 0.717) is 12.4 Å². The summed E-state index contributed by atoms with van der Waals surface area (Å²) in [6.45, 7) is 0.500. The van der Waals surface area contributed by atoms with Gasteiger partial charge in [-0.2, -0.15) is 5.10 Å². The first-order valence-corrected chi connectivity index (χ1v) is 5.32. The van der Waals surface area contributed by atoms with Gasteiger partial charge < -0.3 is 5.32 Å². The van der Waals surface area contributed by atoms with Crippen LogP contribution in [0.25, 0.3) is 0 Å². The number of carbonyl (C=O) groups excluding carboxylic acids is 1. The Morgan fingerprint density at radius 1 is 1.29 bits per heavy atom. The molecular weight excluding hydrogens is 216 g/mol. The van der Waals surface area contributed by atoms with Crippen molar-refractivity contribution in [1.29, 1.82) is 0 Å². The van der Waals surface area contributed by atoms with E-state index in [-0.39, 0.29) is 6.03 Å². The number of nitrogens with zero attached hydrogens (tertiary/aromatic N) is 2. The van der Waals surface area contributed by atoms with Gasteiger partial charge in [-0.05, 0) is 5.56 Å². The van der Waals surface area contributed by atoms with E-state index in [1.54, 1.807) is 24.0 Å². The van der Waals surface area contributed by atoms with Gasteiger partial charge in [0.25, 0.3) is 0 Å². The number of aromatic nitrogens is 2. The van der Waals surface area contributed by atoms with Crippen molar-refractivity contribution in [3.63, 3.8) is 0 Å². The lowest BCUT2D eigenvalue weighted by Gasteiger charge is -2.05. The number of anilines is 1. The zero-order chi connectivity index (χ0) is 12.1. The van der Waals surface area contributed by atoms with E-state index in [2.05, 4.69) is 15.7 Å². The summed E-state index contributed by atoms with van der Waals surface area (Å²) in [5.41, 5.74) is 1.06. The maximum atomic E-state index is 11.5. The molecule has 17 heavy (non-hydrogen) atoms. The lowest BCUT2D eigenvalue weighted by molar-refractivity contribution is 0.251. The Morgan fingerprint density at radius 2 is 2.06 bits per heavy atom. The van der Waals surface area contributed by atoms with Gasteiger partial charge in [0.1, 0.15) is 0 Å². The summed E-state index contributed by atoms with van der Waals surface area (Å²) in [4.78, 5) is 11.5. The number of urea groups is 1. The minimum Gasteiger partial charge on any atom is -0.334 e. The van der Waals surface area contributed by atoms with Crippen LogP contribution in [0.4, 0.5) is 10.6 Å². The molecule has 0 aliphatic rings. The molecule has 1 heterocycles. The Balaban J connectivity index is 1.82. The monoisotopic (exact) mass is 230 g/mol. The van der Waals surface area contributed by atoms with Crippen LogP contribution in [-0.4, -0.2) is 15.8 Å². The number of rotatable bonds is 3. The maximum Gasteiger partial charge on any atom is 0.320 e. The average molecular weight is 230 g/mol. The molecular formula is C12H14N4O. The molecule has 0 radical (unpaired) electrons. The number of carbonyl (C=O) groups is 1. The van der Waals surface area contributed by atoms with E-state index in [1.165, 1.54) is 0 Å². The molecule has 0 fully saturated rings. The highest BCUT2D eigenvalue weighted by molar-refractivity contribution is 5.88. The van der Waals surface area contributed by atoms with Crippen molar-refractivity contribution in [3.8, 4) is 0 Å². The van der Waals surface area contributed by atoms with Crippen LogP contribution in [0.1, 0.15) is 5.56 Å². The molecule has 2 aromatic rings. The van der Waals surface area contributed by atoms with Crippen LogP contribution in [-0.2, 0) is 13.6 Å². The fourth-order valence-electron chi connectivity index (χ4n) is 1.42. The largest absolute Gasteiger partial charge is 0.334 e. The molecule has 5 nitrogen and oxygen atoms in total. The van der Waals surface area contributed by atoms with Gasteiger partial charge in [-0.1, -0.05) is 30.3 Å². The molecule has 2 N–H and O–H groups in total. The molecule has 0 unspecified atom stereocenters. The third-order valence-corrected chi connectivity index (χ3v) is 2.25. The Hall–Kier alpha value is -2.30. The molecule has 0 atom stereocenters. The van der Waals surface area contributed by atoms with Gasteiger partial charge in [-0.15, -0.1) is 0 Å². The number of aryl methyl sites for hydroxylation is 1. The number of hydrogen-bond donors (Lipinski definition) is 2. The van der Waals surface area contributed by atoms with E-state index < -0.39 is 0 Å². The first-order chi connectivity index (χ1) is 8.24. The third kappa shape index (κ3) is 3.34. The highest BCUT2D eigenvalue weighted by Crippen LogP contribution is 2.01. The first-order valence-electron chi connectivity index (χ1n) is 5.32. The molecule has 1 aromatic heterocycles. The standard InChI is InChI=1S/C12H14N4O/c1-16-8-7-11(15-16)14-12(17)13-9-10-5-3-2-4-6-10/h2-8H,9H2,1H3,(H2,13,14,15,17). The predicted octanol–water partition coefficient (Wildman–Crippen LogP) is 1.74. The van der Waals surface area contributed by atoms with E-state index >= 15 is 0 Å². The average Bonchev–Trinajstić information content (AvgIpc) is 2.73. The molecule has 88 valence electrons. The second-order valence-electron chi connectivity index (χ2n) is 3.67. The van der Waals surface area contributed by atoms with Crippen LogP contribution in [0.3, 0.4) is 0 Å². The zero-order valence-corrected chi connectivity index (χ0v) is 9.55. The second-order valence-corrected chi connectivity index (χ2v) is 3.67. The van der Waals surface area contributed by atoms with E-state index in [9.17, 15) is 4.79 Å². The SMILES string of the molecule is Cn1ccc(NC(=O)NCc2ccccc2)n1. The van der Waals surface area contributed by atoms with Crippen molar-refractivity contribution >= 4 is 11.8 Å². The van der Waals surface area contributed by atoms with E-state index in [0.717, 1.165) is 5.56 Å². The smallest absolute Gasteiger partial charge is 0.320 e. The predicted molar refractivity (Wildman–Crippen MR) is 65.5 cm³/mol. The zero-order valence-electron chi connectivity index (χ0n) is 9.55. The third-order valence-electron chi connectivity index (χ3n) is 2.25. The summed E-state index contributed by atoms with van der Waals surface area (Å²) in [6.07, 6.45) is 1.77. The quantitative estimate of drug-likeness (QED) is 0.843. The van der Waals surface area contributed by atoms with Gasteiger partial charge in [0.15, 0.2) is 5.82 Å². The summed E-state index contributed by atoms with van der Waals surface area (Å²) in [5.74, 6) is 0.540. The minimum absolute atomic E-state index is 0.257. The Kier molecular flexibility index (Phi) is 3.40. The highest BCUT2D eigenvalue weighted by atomic mass is 16.2. The second kappa shape index (κ2) is 5.16. The van der Waals surface area contributed by atoms with Gasteiger partial charge >= 0.3 is 6.03 Å². The van der Waals surface area contributed by atoms with Gasteiger partial charge in [-0.3, -0.25) is 10.00 Å². The number of hydrogen-bond acceptors (Lipinski definition) is 2. The van der Waals surface area contributed by atoms with Crippen molar-refractivity contribution in [1.82, 2.24) is 15.1 Å². The Bertz CT molecular complexity index is 492. The Labute approximate surface area is 99.5 Å². The molecule has 0 aliphatic carbocycles. The fourth-order valence-corrected chi connectivity index (χ4v) is 1.42. The number of benzene rings is 1. The molecule has 0 spiro atoms. The maximum absolute atomic E-state index is 11.5. The van der Waals surface area contributed by atoms with Crippen LogP contribution in [0.5, 0.6) is 0 Å². The van der Waals surface area contributed by atoms with E-state index in [1.807, 2.05) is 30.3 Å². The molecule has 5 heteroatoms. The molecule has 0 bridgehead atoms. The normalized spacial score (nSPS) is 9.94. The number of amides is 2. The number of nitrogens with one attached hydrogen (secondary N) is 2. The summed E-state index contributed by atoms with van der Waals surface area (Å²) in [6, 6.07) is 11.2. The lowest BCUT2D eigenvalue weighted by Crippen LogP contribution is -2.28. The molecule has 0 saturated heterocycles. The molecule has 2 rings (SSSR count). The van der Waals surface area contributed by atoms with Crippen LogP contribution < -0.4 is 10.6 Å². The van der Waals surface area contributed by atoms with Crippen molar-refractivity contribution in [2.24, 2.45) is 7.05 Å². The topological polar surface area (TPSA) is 59.0 Å². The van der Waals surface area contributed by atoms with Gasteiger partial charge in [0, 0.05) is 25.9 Å². The first kappa shape index (κ1) is 11.2. The Morgan fingerprint density at radius 3 is 2.71 bits per heavy atom. The van der Waals surface area contributed by atoms with E-state index in [4.69, 9.17) is 0 Å². The van der Waals surface area contributed by atoms with Crippen molar-refractivity contribution in [2.75, 3.05) is 5.32 Å². The summed E-state index contributed by atoms with van der Waals surface area (Å²) in [7, 11) is 1.80. The van der Waals surface area contributed by atoms with Crippen molar-refractivity contribution in [2.45, 2.75) is 6.54 Å². The van der Waals surface area contributed by atoms with Gasteiger partial charge in [0.05, 0.1) is 0 Å². The van der Waals surface area contributed by atoms with Gasteiger partial charge in [-0.25, -0.2) is 4.79 Å². The highest BCUT2D eigenvalue weighted by Gasteiger charge is 2.02. The van der Waals surface area contributed by atoms with Crippen LogP contribution >= 0.6 is 0 Å². The van der Waals surface area contributed by atoms with Crippen LogP contribution in [0.15, 0.2) is 42.6 Å². The lowest BCUT2D eigenvalue weighted by atomic mass is 10.2. The summed E-state index contributed by atoms with van der Waals surface area (Å²) >= 11 is 0. The van der Waals surface area contributed by atoms with Crippen molar-refractivity contribution < 1.29 is 4.79 Å². The van der Waals surface area contributed by atoms with Crippen LogP contribution in [0, 0.1) is 0 Å². The molecule has 1 aromatic carbocycles. The van der Waals surface area contributed by atoms with Gasteiger partial charge in [0.2, 0.25) is 0 Å². The van der Waals surface area contributed by atoms with Crippen LogP contribution in [0.2, 0.25) is 0 Å². The fraction of sp³-hybridized carbons (Fsp3) is 0.167.